The van der Waals surface area contributed by atoms with E-state index in [4.69, 9.17) is 0 Å². The fraction of sp³-hybridized carbons (Fsp3) is 0.714. The van der Waals surface area contributed by atoms with Crippen molar-refractivity contribution in [3.8, 4) is 0 Å². The number of hydrogen-bond donors (Lipinski definition) is 2. The number of nitrogens with zero attached hydrogens (tertiary/aromatic N) is 2. The van der Waals surface area contributed by atoms with Crippen LogP contribution in [0.5, 0.6) is 0 Å². The van der Waals surface area contributed by atoms with Gasteiger partial charge in [-0.2, -0.15) is 5.10 Å². The Morgan fingerprint density at radius 1 is 1.47 bits per heavy atom. The van der Waals surface area contributed by atoms with Crippen molar-refractivity contribution in [1.29, 1.82) is 0 Å². The summed E-state index contributed by atoms with van der Waals surface area (Å²) in [4.78, 5) is 13.7. The molecule has 0 spiro atoms. The Bertz CT molecular complexity index is 394. The van der Waals surface area contributed by atoms with E-state index in [0.29, 0.717) is 6.54 Å². The second-order valence-corrected chi connectivity index (χ2v) is 5.22. The van der Waals surface area contributed by atoms with Gasteiger partial charge in [-0.1, -0.05) is 13.3 Å². The maximum atomic E-state index is 11.9. The summed E-state index contributed by atoms with van der Waals surface area (Å²) in [5, 5.41) is 10.1. The SMILES string of the molecule is CCCC(C)NC(=O)N(C)CCc1c(C)n[nH]c1C. The van der Waals surface area contributed by atoms with Crippen LogP contribution < -0.4 is 5.32 Å². The van der Waals surface area contributed by atoms with Gasteiger partial charge in [-0.25, -0.2) is 4.79 Å². The Morgan fingerprint density at radius 2 is 2.16 bits per heavy atom. The minimum atomic E-state index is -0.000231. The molecule has 1 atom stereocenters. The lowest BCUT2D eigenvalue weighted by atomic mass is 10.1. The van der Waals surface area contributed by atoms with E-state index < -0.39 is 0 Å². The Balaban J connectivity index is 2.42. The number of aromatic nitrogens is 2. The third-order valence-electron chi connectivity index (χ3n) is 3.42. The van der Waals surface area contributed by atoms with Crippen molar-refractivity contribution in [3.05, 3.63) is 17.0 Å². The van der Waals surface area contributed by atoms with Crippen LogP contribution in [0.1, 0.15) is 43.6 Å². The van der Waals surface area contributed by atoms with E-state index in [1.807, 2.05) is 27.8 Å². The molecule has 2 N–H and O–H groups in total. The highest BCUT2D eigenvalue weighted by Crippen LogP contribution is 2.10. The van der Waals surface area contributed by atoms with E-state index >= 15 is 0 Å². The number of amides is 2. The number of nitrogens with one attached hydrogen (secondary N) is 2. The van der Waals surface area contributed by atoms with Crippen molar-refractivity contribution in [2.24, 2.45) is 0 Å². The lowest BCUT2D eigenvalue weighted by molar-refractivity contribution is 0.205. The highest BCUT2D eigenvalue weighted by molar-refractivity contribution is 5.74. The van der Waals surface area contributed by atoms with Crippen molar-refractivity contribution < 1.29 is 4.79 Å². The molecule has 5 heteroatoms. The number of likely N-dealkylation sites (N-methyl/N-ethyl adjacent to an activating group) is 1. The van der Waals surface area contributed by atoms with E-state index in [1.54, 1.807) is 4.90 Å². The van der Waals surface area contributed by atoms with Crippen LogP contribution in [-0.4, -0.2) is 40.8 Å². The summed E-state index contributed by atoms with van der Waals surface area (Å²) < 4.78 is 0. The van der Waals surface area contributed by atoms with Gasteiger partial charge in [0, 0.05) is 25.3 Å². The third-order valence-corrected chi connectivity index (χ3v) is 3.42. The molecular formula is C14H26N4O. The first kappa shape index (κ1) is 15.5. The quantitative estimate of drug-likeness (QED) is 0.830. The molecule has 1 unspecified atom stereocenters. The fourth-order valence-electron chi connectivity index (χ4n) is 2.15. The first-order valence-corrected chi connectivity index (χ1v) is 6.97. The molecule has 0 saturated carbocycles. The van der Waals surface area contributed by atoms with E-state index in [0.717, 1.165) is 30.7 Å². The summed E-state index contributed by atoms with van der Waals surface area (Å²) in [5.41, 5.74) is 3.32. The number of aryl methyl sites for hydroxylation is 2. The van der Waals surface area contributed by atoms with Crippen molar-refractivity contribution >= 4 is 6.03 Å². The van der Waals surface area contributed by atoms with Crippen molar-refractivity contribution in [3.63, 3.8) is 0 Å². The lowest BCUT2D eigenvalue weighted by Crippen LogP contribution is -2.42. The average molecular weight is 266 g/mol. The molecule has 1 aromatic rings. The van der Waals surface area contributed by atoms with E-state index in [9.17, 15) is 4.79 Å². The van der Waals surface area contributed by atoms with Crippen LogP contribution in [0.4, 0.5) is 4.79 Å². The van der Waals surface area contributed by atoms with Crippen LogP contribution in [0.2, 0.25) is 0 Å². The molecule has 0 saturated heterocycles. The molecule has 5 nitrogen and oxygen atoms in total. The van der Waals surface area contributed by atoms with Gasteiger partial charge in [-0.3, -0.25) is 5.10 Å². The predicted molar refractivity (Wildman–Crippen MR) is 77.3 cm³/mol. The van der Waals surface area contributed by atoms with Gasteiger partial charge >= 0.3 is 6.03 Å². The largest absolute Gasteiger partial charge is 0.336 e. The van der Waals surface area contributed by atoms with Crippen LogP contribution in [0.25, 0.3) is 0 Å². The summed E-state index contributed by atoms with van der Waals surface area (Å²) in [6.07, 6.45) is 2.93. The van der Waals surface area contributed by atoms with Crippen LogP contribution >= 0.6 is 0 Å². The number of urea groups is 1. The monoisotopic (exact) mass is 266 g/mol. The molecule has 19 heavy (non-hydrogen) atoms. The maximum absolute atomic E-state index is 11.9. The highest BCUT2D eigenvalue weighted by atomic mass is 16.2. The number of H-pyrrole nitrogens is 1. The number of aromatic amines is 1. The molecule has 1 heterocycles. The van der Waals surface area contributed by atoms with Gasteiger partial charge in [0.25, 0.3) is 0 Å². The Morgan fingerprint density at radius 3 is 2.68 bits per heavy atom. The molecule has 108 valence electrons. The van der Waals surface area contributed by atoms with Crippen molar-refractivity contribution in [2.45, 2.75) is 53.0 Å². The third kappa shape index (κ3) is 4.58. The summed E-state index contributed by atoms with van der Waals surface area (Å²) in [6.45, 7) is 8.86. The first-order valence-electron chi connectivity index (χ1n) is 6.97. The van der Waals surface area contributed by atoms with E-state index in [-0.39, 0.29) is 12.1 Å². The molecule has 0 radical (unpaired) electrons. The number of hydrogen-bond acceptors (Lipinski definition) is 2. The average Bonchev–Trinajstić information content (AvgIpc) is 2.66. The van der Waals surface area contributed by atoms with Gasteiger partial charge in [-0.05, 0) is 39.2 Å². The van der Waals surface area contributed by atoms with Gasteiger partial charge in [0.05, 0.1) is 5.69 Å². The number of rotatable bonds is 6. The molecule has 0 aliphatic carbocycles. The molecule has 2 amide bonds. The normalized spacial score (nSPS) is 12.3. The van der Waals surface area contributed by atoms with Gasteiger partial charge in [-0.15, -0.1) is 0 Å². The fourth-order valence-corrected chi connectivity index (χ4v) is 2.15. The zero-order valence-corrected chi connectivity index (χ0v) is 12.7. The zero-order chi connectivity index (χ0) is 14.4. The second kappa shape index (κ2) is 7.16. The molecule has 0 fully saturated rings. The highest BCUT2D eigenvalue weighted by Gasteiger charge is 2.13. The standard InChI is InChI=1S/C14H26N4O/c1-6-7-10(2)15-14(19)18(5)9-8-13-11(3)16-17-12(13)4/h10H,6-9H2,1-5H3,(H,15,19)(H,16,17). The minimum absolute atomic E-state index is 0.000231. The van der Waals surface area contributed by atoms with Gasteiger partial charge in [0.15, 0.2) is 0 Å². The minimum Gasteiger partial charge on any atom is -0.336 e. The molecule has 1 rings (SSSR count). The zero-order valence-electron chi connectivity index (χ0n) is 12.7. The molecule has 0 aromatic carbocycles. The molecule has 0 aliphatic rings. The lowest BCUT2D eigenvalue weighted by Gasteiger charge is -2.21. The van der Waals surface area contributed by atoms with Crippen molar-refractivity contribution in [1.82, 2.24) is 20.4 Å². The summed E-state index contributed by atoms with van der Waals surface area (Å²) in [7, 11) is 1.83. The summed E-state index contributed by atoms with van der Waals surface area (Å²) in [5.74, 6) is 0. The number of carbonyl (C=O) groups excluding carboxylic acids is 1. The summed E-state index contributed by atoms with van der Waals surface area (Å²) >= 11 is 0. The predicted octanol–water partition coefficient (Wildman–Crippen LogP) is 2.40. The van der Waals surface area contributed by atoms with Gasteiger partial charge in [0.1, 0.15) is 0 Å². The Kier molecular flexibility index (Phi) is 5.86. The van der Waals surface area contributed by atoms with Crippen LogP contribution in [0.15, 0.2) is 0 Å². The Hall–Kier alpha value is -1.52. The topological polar surface area (TPSA) is 61.0 Å². The molecule has 0 bridgehead atoms. The van der Waals surface area contributed by atoms with E-state index in [2.05, 4.69) is 22.4 Å². The number of carbonyl (C=O) groups is 1. The second-order valence-electron chi connectivity index (χ2n) is 5.22. The Labute approximate surface area is 115 Å². The molecule has 1 aromatic heterocycles. The first-order chi connectivity index (χ1) is 8.95. The maximum Gasteiger partial charge on any atom is 0.317 e. The van der Waals surface area contributed by atoms with Crippen molar-refractivity contribution in [2.75, 3.05) is 13.6 Å². The van der Waals surface area contributed by atoms with Gasteiger partial charge in [0.2, 0.25) is 0 Å². The summed E-state index contributed by atoms with van der Waals surface area (Å²) in [6, 6.07) is 0.233. The van der Waals surface area contributed by atoms with Gasteiger partial charge < -0.3 is 10.2 Å². The van der Waals surface area contributed by atoms with Crippen LogP contribution in [0.3, 0.4) is 0 Å². The smallest absolute Gasteiger partial charge is 0.317 e. The molecular weight excluding hydrogens is 240 g/mol. The van der Waals surface area contributed by atoms with Crippen LogP contribution in [0, 0.1) is 13.8 Å². The van der Waals surface area contributed by atoms with E-state index in [1.165, 1.54) is 5.56 Å². The van der Waals surface area contributed by atoms with Crippen LogP contribution in [-0.2, 0) is 6.42 Å². The molecule has 0 aliphatic heterocycles.